The number of rotatable bonds is 9. The third-order valence-electron chi connectivity index (χ3n) is 3.66. The number of nitrogens with two attached hydrogens (primary N) is 1. The molecule has 1 aromatic carbocycles. The first kappa shape index (κ1) is 20.5. The summed E-state index contributed by atoms with van der Waals surface area (Å²) in [4.78, 5) is 35.5. The van der Waals surface area contributed by atoms with Crippen LogP contribution in [0.15, 0.2) is 24.3 Å². The lowest BCUT2D eigenvalue weighted by Gasteiger charge is -2.22. The maximum Gasteiger partial charge on any atom is 0.243 e. The molecule has 0 aliphatic carbocycles. The minimum absolute atomic E-state index is 0.205. The zero-order valence-electron chi connectivity index (χ0n) is 15.2. The van der Waals surface area contributed by atoms with Gasteiger partial charge in [0.25, 0.3) is 0 Å². The first-order chi connectivity index (χ1) is 11.7. The summed E-state index contributed by atoms with van der Waals surface area (Å²) in [6.45, 7) is 5.25. The molecule has 0 unspecified atom stereocenters. The van der Waals surface area contributed by atoms with Gasteiger partial charge in [0.05, 0.1) is 7.11 Å². The van der Waals surface area contributed by atoms with Crippen molar-refractivity contribution in [2.24, 2.45) is 11.7 Å². The van der Waals surface area contributed by atoms with Crippen LogP contribution in [0.2, 0.25) is 0 Å². The number of nitrogens with one attached hydrogen (secondary N) is 2. The van der Waals surface area contributed by atoms with Crippen LogP contribution >= 0.6 is 0 Å². The van der Waals surface area contributed by atoms with Crippen LogP contribution in [0.25, 0.3) is 0 Å². The molecule has 1 rings (SSSR count). The van der Waals surface area contributed by atoms with Gasteiger partial charge in [-0.25, -0.2) is 0 Å². The SMILES string of the molecule is COc1ccc(C[C@H](NC(=O)[C@H](CC(C)C)NC(C)=O)C(N)=O)cc1. The largest absolute Gasteiger partial charge is 0.497 e. The van der Waals surface area contributed by atoms with E-state index in [1.54, 1.807) is 31.4 Å². The highest BCUT2D eigenvalue weighted by Gasteiger charge is 2.25. The maximum atomic E-state index is 12.5. The van der Waals surface area contributed by atoms with Gasteiger partial charge in [-0.05, 0) is 30.0 Å². The molecule has 0 fully saturated rings. The van der Waals surface area contributed by atoms with Crippen molar-refractivity contribution in [3.8, 4) is 5.75 Å². The van der Waals surface area contributed by atoms with Crippen LogP contribution in [-0.4, -0.2) is 36.9 Å². The number of hydrogen-bond donors (Lipinski definition) is 3. The molecular weight excluding hydrogens is 322 g/mol. The summed E-state index contributed by atoms with van der Waals surface area (Å²) in [5, 5.41) is 5.26. The molecule has 7 heteroatoms. The van der Waals surface area contributed by atoms with Crippen LogP contribution in [0.5, 0.6) is 5.75 Å². The number of ether oxygens (including phenoxy) is 1. The summed E-state index contributed by atoms with van der Waals surface area (Å²) in [5.41, 5.74) is 6.26. The zero-order chi connectivity index (χ0) is 19.0. The van der Waals surface area contributed by atoms with E-state index in [1.165, 1.54) is 6.92 Å². The molecule has 0 heterocycles. The Balaban J connectivity index is 2.81. The Bertz CT molecular complexity index is 599. The summed E-state index contributed by atoms with van der Waals surface area (Å²) in [6.07, 6.45) is 0.735. The van der Waals surface area contributed by atoms with Gasteiger partial charge in [0.15, 0.2) is 0 Å². The average molecular weight is 349 g/mol. The minimum Gasteiger partial charge on any atom is -0.497 e. The summed E-state index contributed by atoms with van der Waals surface area (Å²) in [5.74, 6) is -0.439. The van der Waals surface area contributed by atoms with Gasteiger partial charge in [0.2, 0.25) is 17.7 Å². The van der Waals surface area contributed by atoms with Gasteiger partial charge < -0.3 is 21.1 Å². The van der Waals surface area contributed by atoms with Crippen LogP contribution in [0, 0.1) is 5.92 Å². The van der Waals surface area contributed by atoms with Gasteiger partial charge in [-0.3, -0.25) is 14.4 Å². The van der Waals surface area contributed by atoms with Gasteiger partial charge >= 0.3 is 0 Å². The molecule has 25 heavy (non-hydrogen) atoms. The van der Waals surface area contributed by atoms with E-state index in [2.05, 4.69) is 10.6 Å². The van der Waals surface area contributed by atoms with Crippen molar-refractivity contribution >= 4 is 17.7 Å². The van der Waals surface area contributed by atoms with Crippen molar-refractivity contribution in [3.63, 3.8) is 0 Å². The van der Waals surface area contributed by atoms with E-state index in [1.807, 2.05) is 13.8 Å². The van der Waals surface area contributed by atoms with E-state index in [-0.39, 0.29) is 18.2 Å². The van der Waals surface area contributed by atoms with E-state index < -0.39 is 23.9 Å². The second-order valence-electron chi connectivity index (χ2n) is 6.40. The van der Waals surface area contributed by atoms with E-state index in [0.29, 0.717) is 12.2 Å². The van der Waals surface area contributed by atoms with Gasteiger partial charge in [-0.2, -0.15) is 0 Å². The molecule has 3 amide bonds. The third kappa shape index (κ3) is 7.24. The summed E-state index contributed by atoms with van der Waals surface area (Å²) in [6, 6.07) is 5.60. The van der Waals surface area contributed by atoms with Crippen molar-refractivity contribution < 1.29 is 19.1 Å². The predicted molar refractivity (Wildman–Crippen MR) is 94.9 cm³/mol. The van der Waals surface area contributed by atoms with Crippen molar-refractivity contribution in [3.05, 3.63) is 29.8 Å². The number of carbonyl (C=O) groups excluding carboxylic acids is 3. The molecular formula is C18H27N3O4. The highest BCUT2D eigenvalue weighted by atomic mass is 16.5. The number of amides is 3. The average Bonchev–Trinajstić information content (AvgIpc) is 2.53. The topological polar surface area (TPSA) is 111 Å². The fourth-order valence-electron chi connectivity index (χ4n) is 2.44. The Labute approximate surface area is 148 Å². The fraction of sp³-hybridized carbons (Fsp3) is 0.500. The van der Waals surface area contributed by atoms with Gasteiger partial charge in [0.1, 0.15) is 17.8 Å². The Morgan fingerprint density at radius 1 is 1.08 bits per heavy atom. The molecule has 2 atom stereocenters. The lowest BCUT2D eigenvalue weighted by molar-refractivity contribution is -0.131. The molecule has 0 spiro atoms. The zero-order valence-corrected chi connectivity index (χ0v) is 15.2. The molecule has 0 bridgehead atoms. The smallest absolute Gasteiger partial charge is 0.243 e. The van der Waals surface area contributed by atoms with Gasteiger partial charge in [-0.15, -0.1) is 0 Å². The Hall–Kier alpha value is -2.57. The van der Waals surface area contributed by atoms with Crippen LogP contribution in [0.1, 0.15) is 32.8 Å². The predicted octanol–water partition coefficient (Wildman–Crippen LogP) is 0.759. The normalized spacial score (nSPS) is 13.0. The second kappa shape index (κ2) is 9.66. The Morgan fingerprint density at radius 2 is 1.68 bits per heavy atom. The fourth-order valence-corrected chi connectivity index (χ4v) is 2.44. The highest BCUT2D eigenvalue weighted by molar-refractivity contribution is 5.91. The second-order valence-corrected chi connectivity index (χ2v) is 6.40. The van der Waals surface area contributed by atoms with Crippen molar-refractivity contribution in [1.82, 2.24) is 10.6 Å². The molecule has 1 aromatic rings. The third-order valence-corrected chi connectivity index (χ3v) is 3.66. The Kier molecular flexibility index (Phi) is 7.91. The number of benzene rings is 1. The molecule has 7 nitrogen and oxygen atoms in total. The summed E-state index contributed by atoms with van der Waals surface area (Å²) < 4.78 is 5.09. The summed E-state index contributed by atoms with van der Waals surface area (Å²) >= 11 is 0. The quantitative estimate of drug-likeness (QED) is 0.611. The van der Waals surface area contributed by atoms with Crippen molar-refractivity contribution in [2.45, 2.75) is 45.7 Å². The van der Waals surface area contributed by atoms with E-state index in [4.69, 9.17) is 10.5 Å². The minimum atomic E-state index is -0.857. The van der Waals surface area contributed by atoms with Crippen LogP contribution in [0.3, 0.4) is 0 Å². The van der Waals surface area contributed by atoms with Crippen molar-refractivity contribution in [1.29, 1.82) is 0 Å². The lowest BCUT2D eigenvalue weighted by Crippen LogP contribution is -2.53. The van der Waals surface area contributed by atoms with Crippen molar-refractivity contribution in [2.75, 3.05) is 7.11 Å². The van der Waals surface area contributed by atoms with E-state index >= 15 is 0 Å². The summed E-state index contributed by atoms with van der Waals surface area (Å²) in [7, 11) is 1.57. The van der Waals surface area contributed by atoms with Gasteiger partial charge in [-0.1, -0.05) is 26.0 Å². The number of primary amides is 1. The monoisotopic (exact) mass is 349 g/mol. The number of carbonyl (C=O) groups is 3. The van der Waals surface area contributed by atoms with E-state index in [9.17, 15) is 14.4 Å². The molecule has 0 saturated heterocycles. The number of methoxy groups -OCH3 is 1. The molecule has 0 radical (unpaired) electrons. The van der Waals surface area contributed by atoms with E-state index in [0.717, 1.165) is 5.56 Å². The highest BCUT2D eigenvalue weighted by Crippen LogP contribution is 2.13. The molecule has 4 N–H and O–H groups in total. The van der Waals surface area contributed by atoms with Crippen LogP contribution < -0.4 is 21.1 Å². The molecule has 0 aromatic heterocycles. The van der Waals surface area contributed by atoms with Gasteiger partial charge in [0, 0.05) is 13.3 Å². The number of hydrogen-bond acceptors (Lipinski definition) is 4. The first-order valence-electron chi connectivity index (χ1n) is 8.22. The molecule has 138 valence electrons. The first-order valence-corrected chi connectivity index (χ1v) is 8.22. The van der Waals surface area contributed by atoms with Crippen LogP contribution in [0.4, 0.5) is 0 Å². The molecule has 0 saturated carbocycles. The maximum absolute atomic E-state index is 12.5. The molecule has 0 aliphatic rings. The van der Waals surface area contributed by atoms with Crippen LogP contribution in [-0.2, 0) is 20.8 Å². The Morgan fingerprint density at radius 3 is 2.12 bits per heavy atom. The lowest BCUT2D eigenvalue weighted by atomic mass is 10.0. The standard InChI is InChI=1S/C18H27N3O4/c1-11(2)9-16(20-12(3)22)18(24)21-15(17(19)23)10-13-5-7-14(25-4)8-6-13/h5-8,11,15-16H,9-10H2,1-4H3,(H2,19,23)(H,20,22)(H,21,24)/t15-,16-/m0/s1. The molecule has 0 aliphatic heterocycles.